The molecule has 3 N–H and O–H groups in total. The van der Waals surface area contributed by atoms with Gasteiger partial charge in [-0.2, -0.15) is 0 Å². The SMILES string of the molecule is Cc1ccc(NC(=O)Nc2ccc(N(C)C)c(C(=O)NCc3cccnc3)c2)c(C)c1. The number of pyridine rings is 1. The Morgan fingerprint density at radius 2 is 1.81 bits per heavy atom. The molecule has 1 heterocycles. The summed E-state index contributed by atoms with van der Waals surface area (Å²) in [5, 5.41) is 8.57. The van der Waals surface area contributed by atoms with Gasteiger partial charge in [0.2, 0.25) is 0 Å². The van der Waals surface area contributed by atoms with Gasteiger partial charge in [-0.3, -0.25) is 9.78 Å². The van der Waals surface area contributed by atoms with Crippen LogP contribution in [-0.4, -0.2) is 31.0 Å². The number of rotatable bonds is 6. The second-order valence-corrected chi connectivity index (χ2v) is 7.57. The van der Waals surface area contributed by atoms with Crippen molar-refractivity contribution in [2.24, 2.45) is 0 Å². The van der Waals surface area contributed by atoms with E-state index in [1.165, 1.54) is 0 Å². The molecule has 2 aromatic carbocycles. The standard InChI is InChI=1S/C24H27N5O2/c1-16-7-9-21(17(2)12-16)28-24(31)27-19-8-10-22(29(3)4)20(13-19)23(30)26-15-18-6-5-11-25-14-18/h5-14H,15H2,1-4H3,(H,26,30)(H2,27,28,31). The summed E-state index contributed by atoms with van der Waals surface area (Å²) >= 11 is 0. The number of urea groups is 1. The zero-order valence-corrected chi connectivity index (χ0v) is 18.2. The third-order valence-corrected chi connectivity index (χ3v) is 4.79. The number of aromatic nitrogens is 1. The van der Waals surface area contributed by atoms with Crippen LogP contribution in [0.5, 0.6) is 0 Å². The van der Waals surface area contributed by atoms with Crippen LogP contribution in [0.1, 0.15) is 27.0 Å². The molecule has 0 bridgehead atoms. The quantitative estimate of drug-likeness (QED) is 0.557. The molecule has 1 aromatic heterocycles. The zero-order chi connectivity index (χ0) is 22.4. The van der Waals surface area contributed by atoms with Crippen molar-refractivity contribution in [1.82, 2.24) is 10.3 Å². The fourth-order valence-electron chi connectivity index (χ4n) is 3.20. The topological polar surface area (TPSA) is 86.4 Å². The largest absolute Gasteiger partial charge is 0.377 e. The normalized spacial score (nSPS) is 10.3. The molecule has 0 saturated heterocycles. The second kappa shape index (κ2) is 9.75. The van der Waals surface area contributed by atoms with Gasteiger partial charge < -0.3 is 20.9 Å². The number of carbonyl (C=O) groups is 2. The average molecular weight is 418 g/mol. The fourth-order valence-corrected chi connectivity index (χ4v) is 3.20. The lowest BCUT2D eigenvalue weighted by Crippen LogP contribution is -2.26. The minimum Gasteiger partial charge on any atom is -0.377 e. The third kappa shape index (κ3) is 5.82. The Kier molecular flexibility index (Phi) is 6.87. The van der Waals surface area contributed by atoms with Gasteiger partial charge in [0.15, 0.2) is 0 Å². The molecule has 0 fully saturated rings. The maximum atomic E-state index is 12.9. The summed E-state index contributed by atoms with van der Waals surface area (Å²) in [6.07, 6.45) is 3.40. The highest BCUT2D eigenvalue weighted by Gasteiger charge is 2.15. The molecule has 0 aliphatic carbocycles. The van der Waals surface area contributed by atoms with Gasteiger partial charge in [0.05, 0.1) is 5.56 Å². The molecule has 3 aromatic rings. The smallest absolute Gasteiger partial charge is 0.323 e. The van der Waals surface area contributed by atoms with Crippen LogP contribution in [0.25, 0.3) is 0 Å². The molecular weight excluding hydrogens is 390 g/mol. The molecule has 0 aliphatic rings. The van der Waals surface area contributed by atoms with Gasteiger partial charge in [0.1, 0.15) is 0 Å². The van der Waals surface area contributed by atoms with E-state index in [-0.39, 0.29) is 11.9 Å². The van der Waals surface area contributed by atoms with Crippen LogP contribution in [0.4, 0.5) is 21.9 Å². The lowest BCUT2D eigenvalue weighted by molar-refractivity contribution is 0.0951. The third-order valence-electron chi connectivity index (χ3n) is 4.79. The molecule has 3 rings (SSSR count). The van der Waals surface area contributed by atoms with Crippen LogP contribution >= 0.6 is 0 Å². The molecular formula is C24H27N5O2. The Bertz CT molecular complexity index is 1080. The van der Waals surface area contributed by atoms with Crippen LogP contribution in [0, 0.1) is 13.8 Å². The lowest BCUT2D eigenvalue weighted by atomic mass is 10.1. The first-order valence-corrected chi connectivity index (χ1v) is 9.97. The number of benzene rings is 2. The minimum absolute atomic E-state index is 0.231. The van der Waals surface area contributed by atoms with Crippen LogP contribution in [0.2, 0.25) is 0 Å². The van der Waals surface area contributed by atoms with Crippen molar-refractivity contribution in [3.05, 3.63) is 83.2 Å². The average Bonchev–Trinajstić information content (AvgIpc) is 2.74. The molecule has 0 atom stereocenters. The highest BCUT2D eigenvalue weighted by molar-refractivity contribution is 6.04. The van der Waals surface area contributed by atoms with E-state index >= 15 is 0 Å². The lowest BCUT2D eigenvalue weighted by Gasteiger charge is -2.19. The van der Waals surface area contributed by atoms with Gasteiger partial charge in [-0.05, 0) is 55.3 Å². The first kappa shape index (κ1) is 21.8. The molecule has 3 amide bonds. The van der Waals surface area contributed by atoms with E-state index in [0.717, 1.165) is 28.1 Å². The molecule has 0 radical (unpaired) electrons. The van der Waals surface area contributed by atoms with Crippen LogP contribution in [-0.2, 0) is 6.54 Å². The van der Waals surface area contributed by atoms with Gasteiger partial charge in [0.25, 0.3) is 5.91 Å². The van der Waals surface area contributed by atoms with Crippen LogP contribution in [0.3, 0.4) is 0 Å². The van der Waals surface area contributed by atoms with Crippen LogP contribution in [0.15, 0.2) is 60.9 Å². The molecule has 0 unspecified atom stereocenters. The van der Waals surface area contributed by atoms with Crippen molar-refractivity contribution in [3.8, 4) is 0 Å². The summed E-state index contributed by atoms with van der Waals surface area (Å²) in [4.78, 5) is 31.3. The molecule has 0 aliphatic heterocycles. The Morgan fingerprint density at radius 3 is 2.48 bits per heavy atom. The van der Waals surface area contributed by atoms with Crippen molar-refractivity contribution in [1.29, 1.82) is 0 Å². The fraction of sp³-hybridized carbons (Fsp3) is 0.208. The van der Waals surface area contributed by atoms with Gasteiger partial charge in [-0.1, -0.05) is 23.8 Å². The number of carbonyl (C=O) groups excluding carboxylic acids is 2. The monoisotopic (exact) mass is 417 g/mol. The zero-order valence-electron chi connectivity index (χ0n) is 18.2. The number of amides is 3. The van der Waals surface area contributed by atoms with Gasteiger partial charge in [-0.15, -0.1) is 0 Å². The van der Waals surface area contributed by atoms with E-state index in [2.05, 4.69) is 20.9 Å². The van der Waals surface area contributed by atoms with Crippen molar-refractivity contribution in [3.63, 3.8) is 0 Å². The number of nitrogens with one attached hydrogen (secondary N) is 3. The van der Waals surface area contributed by atoms with Crippen molar-refractivity contribution in [2.75, 3.05) is 29.6 Å². The van der Waals surface area contributed by atoms with E-state index in [4.69, 9.17) is 0 Å². The van der Waals surface area contributed by atoms with Crippen molar-refractivity contribution >= 4 is 29.0 Å². The van der Waals surface area contributed by atoms with Gasteiger partial charge >= 0.3 is 6.03 Å². The highest BCUT2D eigenvalue weighted by Crippen LogP contribution is 2.24. The summed E-state index contributed by atoms with van der Waals surface area (Å²) in [5.41, 5.74) is 5.51. The first-order valence-electron chi connectivity index (χ1n) is 9.97. The van der Waals surface area contributed by atoms with E-state index in [1.54, 1.807) is 24.5 Å². The summed E-state index contributed by atoms with van der Waals surface area (Å²) < 4.78 is 0. The Labute approximate surface area is 182 Å². The molecule has 0 spiro atoms. The summed E-state index contributed by atoms with van der Waals surface area (Å²) in [6.45, 7) is 4.31. The molecule has 31 heavy (non-hydrogen) atoms. The minimum atomic E-state index is -0.369. The summed E-state index contributed by atoms with van der Waals surface area (Å²) in [6, 6.07) is 14.4. The summed E-state index contributed by atoms with van der Waals surface area (Å²) in [5.74, 6) is -0.231. The number of nitrogens with zero attached hydrogens (tertiary/aromatic N) is 2. The van der Waals surface area contributed by atoms with Crippen molar-refractivity contribution in [2.45, 2.75) is 20.4 Å². The Balaban J connectivity index is 1.74. The van der Waals surface area contributed by atoms with Crippen molar-refractivity contribution < 1.29 is 9.59 Å². The van der Waals surface area contributed by atoms with Gasteiger partial charge in [-0.25, -0.2) is 4.79 Å². The van der Waals surface area contributed by atoms with E-state index in [9.17, 15) is 9.59 Å². The predicted molar refractivity (Wildman–Crippen MR) is 125 cm³/mol. The summed E-state index contributed by atoms with van der Waals surface area (Å²) in [7, 11) is 3.74. The van der Waals surface area contributed by atoms with Crippen LogP contribution < -0.4 is 20.9 Å². The molecule has 0 saturated carbocycles. The number of aryl methyl sites for hydroxylation is 2. The molecule has 160 valence electrons. The highest BCUT2D eigenvalue weighted by atomic mass is 16.2. The maximum Gasteiger partial charge on any atom is 0.323 e. The van der Waals surface area contributed by atoms with Gasteiger partial charge in [0, 0.05) is 50.1 Å². The first-order chi connectivity index (χ1) is 14.8. The Morgan fingerprint density at radius 1 is 1.00 bits per heavy atom. The second-order valence-electron chi connectivity index (χ2n) is 7.57. The molecule has 7 nitrogen and oxygen atoms in total. The number of anilines is 3. The number of hydrogen-bond donors (Lipinski definition) is 3. The predicted octanol–water partition coefficient (Wildman–Crippen LogP) is 4.34. The van der Waals surface area contributed by atoms with E-state index < -0.39 is 0 Å². The number of hydrogen-bond acceptors (Lipinski definition) is 4. The van der Waals surface area contributed by atoms with E-state index in [1.807, 2.05) is 69.2 Å². The van der Waals surface area contributed by atoms with E-state index in [0.29, 0.717) is 17.8 Å². The molecule has 7 heteroatoms. The Hall–Kier alpha value is -3.87. The maximum absolute atomic E-state index is 12.9.